The number of thiophene rings is 1. The number of hydrogen-bond donors (Lipinski definition) is 2. The second-order valence-corrected chi connectivity index (χ2v) is 6.91. The molecule has 100 valence electrons. The third-order valence-electron chi connectivity index (χ3n) is 3.90. The van der Waals surface area contributed by atoms with Crippen molar-refractivity contribution in [1.82, 2.24) is 5.32 Å². The molecular weight excluding hydrogens is 246 g/mol. The first kappa shape index (κ1) is 13.6. The van der Waals surface area contributed by atoms with Crippen LogP contribution in [0.3, 0.4) is 0 Å². The molecule has 18 heavy (non-hydrogen) atoms. The van der Waals surface area contributed by atoms with E-state index in [9.17, 15) is 4.79 Å². The average Bonchev–Trinajstić information content (AvgIpc) is 2.76. The molecule has 0 radical (unpaired) electrons. The van der Waals surface area contributed by atoms with Crippen LogP contribution < -0.4 is 5.32 Å². The fourth-order valence-electron chi connectivity index (χ4n) is 2.68. The summed E-state index contributed by atoms with van der Waals surface area (Å²) < 4.78 is 0. The highest BCUT2D eigenvalue weighted by Gasteiger charge is 2.31. The lowest BCUT2D eigenvalue weighted by Crippen LogP contribution is -2.43. The second kappa shape index (κ2) is 5.41. The van der Waals surface area contributed by atoms with E-state index in [1.165, 1.54) is 37.0 Å². The number of aromatic carboxylic acids is 1. The Balaban J connectivity index is 1.92. The highest BCUT2D eigenvalue weighted by atomic mass is 32.1. The van der Waals surface area contributed by atoms with Crippen LogP contribution in [0.1, 0.15) is 54.1 Å². The van der Waals surface area contributed by atoms with Gasteiger partial charge >= 0.3 is 5.97 Å². The van der Waals surface area contributed by atoms with Gasteiger partial charge in [0.1, 0.15) is 4.88 Å². The van der Waals surface area contributed by atoms with Crippen molar-refractivity contribution in [2.24, 2.45) is 5.41 Å². The van der Waals surface area contributed by atoms with Crippen LogP contribution in [0.4, 0.5) is 0 Å². The molecule has 1 aromatic heterocycles. The number of rotatable bonds is 4. The average molecular weight is 267 g/mol. The van der Waals surface area contributed by atoms with Crippen molar-refractivity contribution in [3.8, 4) is 0 Å². The van der Waals surface area contributed by atoms with Crippen LogP contribution in [0.5, 0.6) is 0 Å². The summed E-state index contributed by atoms with van der Waals surface area (Å²) >= 11 is 1.37. The molecule has 4 heteroatoms. The highest BCUT2D eigenvalue weighted by molar-refractivity contribution is 7.13. The number of carboxylic acid groups (broad SMARTS) is 1. The highest BCUT2D eigenvalue weighted by Crippen LogP contribution is 2.35. The summed E-state index contributed by atoms with van der Waals surface area (Å²) in [6, 6.07) is 4.15. The minimum Gasteiger partial charge on any atom is -0.477 e. The predicted molar refractivity (Wildman–Crippen MR) is 74.2 cm³/mol. The first-order chi connectivity index (χ1) is 8.49. The van der Waals surface area contributed by atoms with Crippen LogP contribution in [-0.4, -0.2) is 17.1 Å². The third-order valence-corrected chi connectivity index (χ3v) is 4.98. The maximum atomic E-state index is 10.8. The van der Waals surface area contributed by atoms with Gasteiger partial charge in [-0.1, -0.05) is 26.7 Å². The summed E-state index contributed by atoms with van der Waals surface area (Å²) in [7, 11) is 0. The molecule has 1 aliphatic carbocycles. The monoisotopic (exact) mass is 267 g/mol. The Bertz CT molecular complexity index is 425. The van der Waals surface area contributed by atoms with E-state index in [1.54, 1.807) is 6.07 Å². The molecule has 1 fully saturated rings. The van der Waals surface area contributed by atoms with Crippen molar-refractivity contribution in [2.45, 2.75) is 52.1 Å². The first-order valence-corrected chi connectivity index (χ1v) is 7.36. The van der Waals surface area contributed by atoms with E-state index in [0.717, 1.165) is 11.4 Å². The normalized spacial score (nSPS) is 22.9. The Hall–Kier alpha value is -0.870. The Labute approximate surface area is 112 Å². The van der Waals surface area contributed by atoms with Gasteiger partial charge in [-0.2, -0.15) is 0 Å². The van der Waals surface area contributed by atoms with E-state index in [4.69, 9.17) is 5.11 Å². The van der Waals surface area contributed by atoms with Crippen LogP contribution in [0.2, 0.25) is 0 Å². The Morgan fingerprint density at radius 3 is 2.89 bits per heavy atom. The second-order valence-electron chi connectivity index (χ2n) is 5.74. The molecule has 1 saturated carbocycles. The maximum absolute atomic E-state index is 10.8. The van der Waals surface area contributed by atoms with Gasteiger partial charge in [0.05, 0.1) is 0 Å². The Morgan fingerprint density at radius 1 is 1.50 bits per heavy atom. The van der Waals surface area contributed by atoms with Gasteiger partial charge < -0.3 is 10.4 Å². The lowest BCUT2D eigenvalue weighted by Gasteiger charge is -2.39. The Kier molecular flexibility index (Phi) is 4.07. The number of carboxylic acids is 1. The van der Waals surface area contributed by atoms with E-state index in [1.807, 2.05) is 6.07 Å². The van der Waals surface area contributed by atoms with Crippen molar-refractivity contribution in [2.75, 3.05) is 0 Å². The summed E-state index contributed by atoms with van der Waals surface area (Å²) in [5, 5.41) is 12.5. The van der Waals surface area contributed by atoms with Gasteiger partial charge in [0.2, 0.25) is 0 Å². The topological polar surface area (TPSA) is 49.3 Å². The number of nitrogens with one attached hydrogen (secondary N) is 1. The zero-order chi connectivity index (χ0) is 13.2. The van der Waals surface area contributed by atoms with Crippen LogP contribution in [0.15, 0.2) is 12.1 Å². The van der Waals surface area contributed by atoms with Gasteiger partial charge in [0.15, 0.2) is 0 Å². The fourth-order valence-corrected chi connectivity index (χ4v) is 3.48. The van der Waals surface area contributed by atoms with Gasteiger partial charge in [-0.25, -0.2) is 4.79 Å². The van der Waals surface area contributed by atoms with Gasteiger partial charge in [-0.3, -0.25) is 0 Å². The quantitative estimate of drug-likeness (QED) is 0.877. The number of hydrogen-bond acceptors (Lipinski definition) is 3. The van der Waals surface area contributed by atoms with E-state index < -0.39 is 5.97 Å². The minimum absolute atomic E-state index is 0.352. The van der Waals surface area contributed by atoms with E-state index in [2.05, 4.69) is 19.2 Å². The largest absolute Gasteiger partial charge is 0.477 e. The summed E-state index contributed by atoms with van der Waals surface area (Å²) in [6.07, 6.45) is 5.12. The van der Waals surface area contributed by atoms with Gasteiger partial charge in [-0.05, 0) is 30.4 Å². The van der Waals surface area contributed by atoms with Crippen molar-refractivity contribution in [3.63, 3.8) is 0 Å². The smallest absolute Gasteiger partial charge is 0.345 e. The molecule has 2 rings (SSSR count). The summed E-state index contributed by atoms with van der Waals surface area (Å²) in [5.74, 6) is -0.829. The van der Waals surface area contributed by atoms with E-state index in [-0.39, 0.29) is 0 Å². The molecule has 1 heterocycles. The van der Waals surface area contributed by atoms with Crippen LogP contribution >= 0.6 is 11.3 Å². The minimum atomic E-state index is -0.829. The maximum Gasteiger partial charge on any atom is 0.345 e. The van der Waals surface area contributed by atoms with Crippen LogP contribution in [0.25, 0.3) is 0 Å². The van der Waals surface area contributed by atoms with Crippen LogP contribution in [-0.2, 0) is 6.54 Å². The fraction of sp³-hybridized carbons (Fsp3) is 0.643. The van der Waals surface area contributed by atoms with Gasteiger partial charge in [-0.15, -0.1) is 11.3 Å². The molecule has 0 aromatic carbocycles. The molecule has 1 aromatic rings. The van der Waals surface area contributed by atoms with Crippen molar-refractivity contribution in [3.05, 3.63) is 21.9 Å². The summed E-state index contributed by atoms with van der Waals surface area (Å²) in [5.41, 5.74) is 0.352. The number of carbonyl (C=O) groups is 1. The summed E-state index contributed by atoms with van der Waals surface area (Å²) in [6.45, 7) is 5.42. The first-order valence-electron chi connectivity index (χ1n) is 6.54. The molecule has 0 saturated heterocycles. The molecule has 0 bridgehead atoms. The standard InChI is InChI=1S/C14H21NO2S/c1-14(2)8-4-3-5-12(14)15-9-10-6-7-11(18-10)13(16)17/h6-7,12,15H,3-5,8-9H2,1-2H3,(H,16,17). The lowest BCUT2D eigenvalue weighted by atomic mass is 9.73. The molecule has 1 atom stereocenters. The third kappa shape index (κ3) is 3.12. The molecule has 0 spiro atoms. The van der Waals surface area contributed by atoms with Gasteiger partial charge in [0, 0.05) is 17.5 Å². The van der Waals surface area contributed by atoms with Crippen LogP contribution in [0, 0.1) is 5.41 Å². The molecule has 2 N–H and O–H groups in total. The van der Waals surface area contributed by atoms with Crippen molar-refractivity contribution < 1.29 is 9.90 Å². The van der Waals surface area contributed by atoms with E-state index >= 15 is 0 Å². The zero-order valence-corrected chi connectivity index (χ0v) is 11.8. The lowest BCUT2D eigenvalue weighted by molar-refractivity contribution is 0.0702. The van der Waals surface area contributed by atoms with E-state index in [0.29, 0.717) is 16.3 Å². The molecule has 0 aliphatic heterocycles. The SMILES string of the molecule is CC1(C)CCCCC1NCc1ccc(C(=O)O)s1. The summed E-state index contributed by atoms with van der Waals surface area (Å²) in [4.78, 5) is 12.3. The Morgan fingerprint density at radius 2 is 2.28 bits per heavy atom. The zero-order valence-electron chi connectivity index (χ0n) is 11.0. The molecule has 3 nitrogen and oxygen atoms in total. The molecule has 1 aliphatic rings. The van der Waals surface area contributed by atoms with Crippen molar-refractivity contribution in [1.29, 1.82) is 0 Å². The molecule has 1 unspecified atom stereocenters. The molecule has 0 amide bonds. The van der Waals surface area contributed by atoms with Gasteiger partial charge in [0.25, 0.3) is 0 Å². The van der Waals surface area contributed by atoms with Crippen molar-refractivity contribution >= 4 is 17.3 Å². The predicted octanol–water partition coefficient (Wildman–Crippen LogP) is 3.50. The molecular formula is C14H21NO2S.